The van der Waals surface area contributed by atoms with Crippen LogP contribution in [-0.2, 0) is 22.6 Å². The first-order valence-corrected chi connectivity index (χ1v) is 12.5. The van der Waals surface area contributed by atoms with Gasteiger partial charge in [-0.15, -0.1) is 0 Å². The lowest BCUT2D eigenvalue weighted by atomic mass is 10.0. The molecule has 1 unspecified atom stereocenters. The average molecular weight is 493 g/mol. The molecule has 0 spiro atoms. The van der Waals surface area contributed by atoms with E-state index in [2.05, 4.69) is 5.32 Å². The summed E-state index contributed by atoms with van der Waals surface area (Å²) in [7, 11) is 0. The van der Waals surface area contributed by atoms with Crippen LogP contribution < -0.4 is 10.1 Å². The number of carbonyl (C=O) groups is 2. The maximum atomic E-state index is 13.5. The third-order valence-electron chi connectivity index (χ3n) is 5.63. The van der Waals surface area contributed by atoms with E-state index in [1.54, 1.807) is 17.0 Å². The molecule has 3 aromatic carbocycles. The molecule has 6 heteroatoms. The van der Waals surface area contributed by atoms with Crippen molar-refractivity contribution in [2.75, 3.05) is 13.2 Å². The number of rotatable bonds is 13. The number of ether oxygens (including phenoxy) is 1. The fraction of sp³-hybridized carbons (Fsp3) is 0.310. The lowest BCUT2D eigenvalue weighted by molar-refractivity contribution is -0.141. The van der Waals surface area contributed by atoms with Crippen LogP contribution in [0.15, 0.2) is 84.9 Å². The van der Waals surface area contributed by atoms with Crippen LogP contribution in [0.2, 0.25) is 5.02 Å². The highest BCUT2D eigenvalue weighted by Crippen LogP contribution is 2.18. The minimum atomic E-state index is -0.623. The number of halogens is 1. The van der Waals surface area contributed by atoms with Gasteiger partial charge in [-0.1, -0.05) is 79.2 Å². The quantitative estimate of drug-likeness (QED) is 0.313. The molecule has 0 fully saturated rings. The van der Waals surface area contributed by atoms with E-state index >= 15 is 0 Å². The van der Waals surface area contributed by atoms with Gasteiger partial charge >= 0.3 is 0 Å². The van der Waals surface area contributed by atoms with Crippen molar-refractivity contribution in [2.24, 2.45) is 0 Å². The van der Waals surface area contributed by atoms with Gasteiger partial charge in [-0.25, -0.2) is 0 Å². The Morgan fingerprint density at radius 3 is 2.23 bits per heavy atom. The highest BCUT2D eigenvalue weighted by atomic mass is 35.5. The van der Waals surface area contributed by atoms with Crippen LogP contribution in [-0.4, -0.2) is 35.9 Å². The Kier molecular flexibility index (Phi) is 10.6. The largest absolute Gasteiger partial charge is 0.494 e. The number of amides is 2. The summed E-state index contributed by atoms with van der Waals surface area (Å²) in [5, 5.41) is 3.62. The maximum Gasteiger partial charge on any atom is 0.243 e. The number of hydrogen-bond acceptors (Lipinski definition) is 3. The van der Waals surface area contributed by atoms with Crippen molar-refractivity contribution in [1.29, 1.82) is 0 Å². The minimum Gasteiger partial charge on any atom is -0.494 e. The van der Waals surface area contributed by atoms with Gasteiger partial charge in [-0.05, 0) is 48.2 Å². The molecular weight excluding hydrogens is 460 g/mol. The molecule has 0 aromatic heterocycles. The van der Waals surface area contributed by atoms with Crippen LogP contribution in [0.4, 0.5) is 0 Å². The van der Waals surface area contributed by atoms with Gasteiger partial charge in [0.25, 0.3) is 0 Å². The van der Waals surface area contributed by atoms with E-state index < -0.39 is 6.04 Å². The molecule has 0 aliphatic heterocycles. The molecule has 35 heavy (non-hydrogen) atoms. The predicted molar refractivity (Wildman–Crippen MR) is 140 cm³/mol. The first-order chi connectivity index (χ1) is 17.1. The van der Waals surface area contributed by atoms with Crippen molar-refractivity contribution in [3.8, 4) is 5.75 Å². The SMILES string of the molecule is CCCNC(=O)C(Cc1ccccc1)N(Cc1ccc(Cl)cc1)C(=O)CCCOc1ccccc1. The summed E-state index contributed by atoms with van der Waals surface area (Å²) in [6.07, 6.45) is 2.11. The van der Waals surface area contributed by atoms with Gasteiger partial charge in [0.05, 0.1) is 6.61 Å². The molecule has 0 saturated heterocycles. The van der Waals surface area contributed by atoms with Crippen LogP contribution >= 0.6 is 11.6 Å². The van der Waals surface area contributed by atoms with E-state index in [1.165, 1.54) is 0 Å². The third-order valence-corrected chi connectivity index (χ3v) is 5.89. The van der Waals surface area contributed by atoms with Crippen LogP contribution in [0.25, 0.3) is 0 Å². The van der Waals surface area contributed by atoms with Crippen LogP contribution in [0.3, 0.4) is 0 Å². The third kappa shape index (κ3) is 8.76. The Hall–Kier alpha value is -3.31. The molecule has 3 rings (SSSR count). The van der Waals surface area contributed by atoms with Crippen LogP contribution in [0.1, 0.15) is 37.3 Å². The molecule has 1 atom stereocenters. The van der Waals surface area contributed by atoms with Crippen molar-refractivity contribution < 1.29 is 14.3 Å². The number of benzene rings is 3. The number of nitrogens with one attached hydrogen (secondary N) is 1. The van der Waals surface area contributed by atoms with E-state index in [0.717, 1.165) is 23.3 Å². The molecule has 0 saturated carbocycles. The summed E-state index contributed by atoms with van der Waals surface area (Å²) >= 11 is 6.06. The summed E-state index contributed by atoms with van der Waals surface area (Å²) in [6, 6.07) is 26.1. The molecule has 5 nitrogen and oxygen atoms in total. The van der Waals surface area contributed by atoms with Gasteiger partial charge < -0.3 is 15.0 Å². The van der Waals surface area contributed by atoms with Crippen LogP contribution in [0, 0.1) is 0 Å². The van der Waals surface area contributed by atoms with E-state index in [9.17, 15) is 9.59 Å². The monoisotopic (exact) mass is 492 g/mol. The molecule has 0 bridgehead atoms. The molecule has 0 aliphatic rings. The van der Waals surface area contributed by atoms with Crippen molar-refractivity contribution in [3.05, 3.63) is 101 Å². The summed E-state index contributed by atoms with van der Waals surface area (Å²) < 4.78 is 5.76. The van der Waals surface area contributed by atoms with Crippen LogP contribution in [0.5, 0.6) is 5.75 Å². The summed E-state index contributed by atoms with van der Waals surface area (Å²) in [4.78, 5) is 28.5. The second kappa shape index (κ2) is 14.2. The second-order valence-electron chi connectivity index (χ2n) is 8.41. The molecule has 3 aromatic rings. The summed E-state index contributed by atoms with van der Waals surface area (Å²) in [5.74, 6) is 0.557. The molecule has 0 aliphatic carbocycles. The Morgan fingerprint density at radius 2 is 1.57 bits per heavy atom. The zero-order valence-corrected chi connectivity index (χ0v) is 20.9. The smallest absolute Gasteiger partial charge is 0.243 e. The molecule has 1 N–H and O–H groups in total. The zero-order chi connectivity index (χ0) is 24.9. The number of para-hydroxylation sites is 1. The van der Waals surface area contributed by atoms with Gasteiger partial charge in [0, 0.05) is 31.0 Å². The van der Waals surface area contributed by atoms with E-state index in [-0.39, 0.29) is 18.2 Å². The highest BCUT2D eigenvalue weighted by Gasteiger charge is 2.30. The summed E-state index contributed by atoms with van der Waals surface area (Å²) in [6.45, 7) is 3.33. The van der Waals surface area contributed by atoms with Gasteiger partial charge in [-0.2, -0.15) is 0 Å². The molecule has 2 amide bonds. The molecule has 0 radical (unpaired) electrons. The first-order valence-electron chi connectivity index (χ1n) is 12.1. The van der Waals surface area contributed by atoms with Crippen molar-refractivity contribution >= 4 is 23.4 Å². The summed E-state index contributed by atoms with van der Waals surface area (Å²) in [5.41, 5.74) is 1.93. The topological polar surface area (TPSA) is 58.6 Å². The van der Waals surface area contributed by atoms with Gasteiger partial charge in [0.15, 0.2) is 0 Å². The second-order valence-corrected chi connectivity index (χ2v) is 8.85. The standard InChI is InChI=1S/C29H33ClN2O3/c1-2-19-31-29(34)27(21-23-10-5-3-6-11-23)32(22-24-15-17-25(30)18-16-24)28(33)14-9-20-35-26-12-7-4-8-13-26/h3-8,10-13,15-18,27H,2,9,14,19-22H2,1H3,(H,31,34). The number of nitrogens with zero attached hydrogens (tertiary/aromatic N) is 1. The molecule has 0 heterocycles. The van der Waals surface area contributed by atoms with Gasteiger partial charge in [-0.3, -0.25) is 9.59 Å². The molecule has 184 valence electrons. The fourth-order valence-electron chi connectivity index (χ4n) is 3.78. The Bertz CT molecular complexity index is 1040. The normalized spacial score (nSPS) is 11.5. The van der Waals surface area contributed by atoms with Crippen molar-refractivity contribution in [2.45, 2.75) is 45.2 Å². The van der Waals surface area contributed by atoms with E-state index in [0.29, 0.717) is 37.6 Å². The lowest BCUT2D eigenvalue weighted by Gasteiger charge is -2.31. The van der Waals surface area contributed by atoms with E-state index in [1.807, 2.05) is 79.7 Å². The fourth-order valence-corrected chi connectivity index (χ4v) is 3.91. The van der Waals surface area contributed by atoms with Crippen molar-refractivity contribution in [1.82, 2.24) is 10.2 Å². The van der Waals surface area contributed by atoms with Crippen molar-refractivity contribution in [3.63, 3.8) is 0 Å². The lowest BCUT2D eigenvalue weighted by Crippen LogP contribution is -2.50. The average Bonchev–Trinajstić information content (AvgIpc) is 2.89. The number of hydrogen-bond donors (Lipinski definition) is 1. The Labute approximate surface area is 213 Å². The Morgan fingerprint density at radius 1 is 0.914 bits per heavy atom. The maximum absolute atomic E-state index is 13.5. The zero-order valence-electron chi connectivity index (χ0n) is 20.2. The minimum absolute atomic E-state index is 0.0795. The first kappa shape index (κ1) is 26.3. The molecular formula is C29H33ClN2O3. The predicted octanol–water partition coefficient (Wildman–Crippen LogP) is 5.67. The van der Waals surface area contributed by atoms with E-state index in [4.69, 9.17) is 16.3 Å². The van der Waals surface area contributed by atoms with Gasteiger partial charge in [0.1, 0.15) is 11.8 Å². The highest BCUT2D eigenvalue weighted by molar-refractivity contribution is 6.30. The number of carbonyl (C=O) groups excluding carboxylic acids is 2. The Balaban J connectivity index is 1.77. The van der Waals surface area contributed by atoms with Gasteiger partial charge in [0.2, 0.25) is 11.8 Å².